The van der Waals surface area contributed by atoms with Crippen molar-refractivity contribution < 1.29 is 5.11 Å². The molecular weight excluding hydrogens is 264 g/mol. The number of aliphatic hydroxyl groups is 1. The van der Waals surface area contributed by atoms with Crippen LogP contribution in [0, 0.1) is 11.3 Å². The Morgan fingerprint density at radius 1 is 1.47 bits per heavy atom. The molecule has 0 aliphatic carbocycles. The normalized spacial score (nSPS) is 18.1. The molecule has 2 heterocycles. The van der Waals surface area contributed by atoms with Crippen molar-refractivity contribution in [3.63, 3.8) is 0 Å². The molecule has 19 heavy (non-hydrogen) atoms. The number of pyridine rings is 1. The molecule has 1 aliphatic rings. The molecule has 0 amide bonds. The van der Waals surface area contributed by atoms with E-state index >= 15 is 0 Å². The Morgan fingerprint density at radius 2 is 2.16 bits per heavy atom. The van der Waals surface area contributed by atoms with Crippen LogP contribution < -0.4 is 4.90 Å². The largest absolute Gasteiger partial charge is 0.392 e. The highest BCUT2D eigenvalue weighted by Crippen LogP contribution is 2.24. The molecule has 1 saturated heterocycles. The van der Waals surface area contributed by atoms with Crippen molar-refractivity contribution in [2.45, 2.75) is 13.0 Å². The molecule has 1 aromatic heterocycles. The highest BCUT2D eigenvalue weighted by atomic mass is 35.5. The van der Waals surface area contributed by atoms with Crippen molar-refractivity contribution >= 4 is 17.4 Å². The molecule has 0 bridgehead atoms. The zero-order valence-corrected chi connectivity index (χ0v) is 11.6. The number of nitrogens with zero attached hydrogens (tertiary/aromatic N) is 4. The average molecular weight is 281 g/mol. The lowest BCUT2D eigenvalue weighted by Gasteiger charge is -2.36. The summed E-state index contributed by atoms with van der Waals surface area (Å²) in [4.78, 5) is 8.60. The quantitative estimate of drug-likeness (QED) is 0.899. The van der Waals surface area contributed by atoms with Gasteiger partial charge in [0.2, 0.25) is 0 Å². The Balaban J connectivity index is 2.00. The average Bonchev–Trinajstić information content (AvgIpc) is 2.39. The van der Waals surface area contributed by atoms with Gasteiger partial charge in [-0.1, -0.05) is 11.6 Å². The van der Waals surface area contributed by atoms with Gasteiger partial charge in [-0.15, -0.1) is 0 Å². The van der Waals surface area contributed by atoms with Gasteiger partial charge in [0.25, 0.3) is 0 Å². The highest BCUT2D eigenvalue weighted by Gasteiger charge is 2.20. The van der Waals surface area contributed by atoms with Crippen LogP contribution in [0.25, 0.3) is 0 Å². The minimum absolute atomic E-state index is 0.303. The molecule has 0 saturated carbocycles. The standard InChI is InChI=1S/C13H17ClN4O/c1-10(19)9-17-2-4-18(5-3-17)13-12(14)6-11(7-15)8-16-13/h6,8,10,19H,2-5,9H2,1H3/t10-/m1/s1. The Bertz CT molecular complexity index is 478. The number of piperazine rings is 1. The second kappa shape index (κ2) is 6.20. The van der Waals surface area contributed by atoms with Crippen LogP contribution in [-0.4, -0.2) is 53.8 Å². The highest BCUT2D eigenvalue weighted by molar-refractivity contribution is 6.33. The van der Waals surface area contributed by atoms with Crippen molar-refractivity contribution in [1.82, 2.24) is 9.88 Å². The van der Waals surface area contributed by atoms with E-state index in [2.05, 4.69) is 14.8 Å². The second-order valence-corrected chi connectivity index (χ2v) is 5.19. The Hall–Kier alpha value is -1.35. The molecule has 0 spiro atoms. The Morgan fingerprint density at radius 3 is 2.68 bits per heavy atom. The van der Waals surface area contributed by atoms with Crippen LogP contribution in [0.4, 0.5) is 5.82 Å². The van der Waals surface area contributed by atoms with E-state index in [1.54, 1.807) is 19.2 Å². The summed E-state index contributed by atoms with van der Waals surface area (Å²) in [6.45, 7) is 5.90. The second-order valence-electron chi connectivity index (χ2n) is 4.78. The summed E-state index contributed by atoms with van der Waals surface area (Å²) in [6.07, 6.45) is 1.24. The number of rotatable bonds is 3. The molecule has 0 radical (unpaired) electrons. The van der Waals surface area contributed by atoms with Gasteiger partial charge in [-0.2, -0.15) is 5.26 Å². The van der Waals surface area contributed by atoms with Crippen LogP contribution in [0.5, 0.6) is 0 Å². The van der Waals surface area contributed by atoms with Gasteiger partial charge in [-0.3, -0.25) is 4.90 Å². The monoisotopic (exact) mass is 280 g/mol. The Labute approximate surface area is 118 Å². The third kappa shape index (κ3) is 3.57. The SMILES string of the molecule is C[C@@H](O)CN1CCN(c2ncc(C#N)cc2Cl)CC1. The number of aliphatic hydroxyl groups excluding tert-OH is 1. The smallest absolute Gasteiger partial charge is 0.147 e. The maximum absolute atomic E-state index is 9.37. The van der Waals surface area contributed by atoms with Gasteiger partial charge in [-0.05, 0) is 13.0 Å². The molecule has 1 aliphatic heterocycles. The predicted molar refractivity (Wildman–Crippen MR) is 74.3 cm³/mol. The van der Waals surface area contributed by atoms with Crippen LogP contribution >= 0.6 is 11.6 Å². The first-order chi connectivity index (χ1) is 9.10. The molecule has 5 nitrogen and oxygen atoms in total. The van der Waals surface area contributed by atoms with Crippen molar-refractivity contribution in [3.8, 4) is 6.07 Å². The fourth-order valence-corrected chi connectivity index (χ4v) is 2.53. The van der Waals surface area contributed by atoms with Gasteiger partial charge < -0.3 is 10.0 Å². The number of halogens is 1. The van der Waals surface area contributed by atoms with Gasteiger partial charge in [0, 0.05) is 38.9 Å². The van der Waals surface area contributed by atoms with Gasteiger partial charge in [-0.25, -0.2) is 4.98 Å². The molecule has 6 heteroatoms. The summed E-state index contributed by atoms with van der Waals surface area (Å²) < 4.78 is 0. The number of aromatic nitrogens is 1. The third-order valence-corrected chi connectivity index (χ3v) is 3.42. The van der Waals surface area contributed by atoms with Crippen LogP contribution in [0.15, 0.2) is 12.3 Å². The summed E-state index contributed by atoms with van der Waals surface area (Å²) in [5.41, 5.74) is 0.474. The number of nitriles is 1. The van der Waals surface area contributed by atoms with E-state index in [4.69, 9.17) is 16.9 Å². The van der Waals surface area contributed by atoms with E-state index in [0.717, 1.165) is 32.0 Å². The van der Waals surface area contributed by atoms with Gasteiger partial charge in [0.1, 0.15) is 11.9 Å². The van der Waals surface area contributed by atoms with E-state index in [1.165, 1.54) is 0 Å². The van der Waals surface area contributed by atoms with Crippen molar-refractivity contribution in [3.05, 3.63) is 22.8 Å². The first kappa shape index (κ1) is 14.1. The summed E-state index contributed by atoms with van der Waals surface area (Å²) in [5, 5.41) is 18.7. The first-order valence-corrected chi connectivity index (χ1v) is 6.69. The molecule has 1 atom stereocenters. The minimum atomic E-state index is -0.303. The fraction of sp³-hybridized carbons (Fsp3) is 0.538. The minimum Gasteiger partial charge on any atom is -0.392 e. The zero-order chi connectivity index (χ0) is 13.8. The summed E-state index contributed by atoms with van der Waals surface area (Å²) >= 11 is 6.15. The summed E-state index contributed by atoms with van der Waals surface area (Å²) in [5.74, 6) is 0.734. The number of hydrogen-bond donors (Lipinski definition) is 1. The van der Waals surface area contributed by atoms with Crippen LogP contribution in [0.3, 0.4) is 0 Å². The number of hydrogen-bond acceptors (Lipinski definition) is 5. The van der Waals surface area contributed by atoms with Gasteiger partial charge in [0.05, 0.1) is 16.7 Å². The van der Waals surface area contributed by atoms with Crippen molar-refractivity contribution in [2.75, 3.05) is 37.6 Å². The van der Waals surface area contributed by atoms with E-state index in [1.807, 2.05) is 6.07 Å². The van der Waals surface area contributed by atoms with Gasteiger partial charge in [0.15, 0.2) is 0 Å². The summed E-state index contributed by atoms with van der Waals surface area (Å²) in [6, 6.07) is 3.67. The molecule has 1 fully saturated rings. The molecule has 0 aromatic carbocycles. The van der Waals surface area contributed by atoms with E-state index < -0.39 is 0 Å². The van der Waals surface area contributed by atoms with Crippen LogP contribution in [0.1, 0.15) is 12.5 Å². The van der Waals surface area contributed by atoms with E-state index in [9.17, 15) is 5.11 Å². The first-order valence-electron chi connectivity index (χ1n) is 6.31. The predicted octanol–water partition coefficient (Wildman–Crippen LogP) is 1.11. The topological polar surface area (TPSA) is 63.4 Å². The molecule has 1 N–H and O–H groups in total. The maximum Gasteiger partial charge on any atom is 0.147 e. The third-order valence-electron chi connectivity index (χ3n) is 3.15. The van der Waals surface area contributed by atoms with Crippen molar-refractivity contribution in [2.24, 2.45) is 0 Å². The lowest BCUT2D eigenvalue weighted by Crippen LogP contribution is -2.48. The molecule has 2 rings (SSSR count). The maximum atomic E-state index is 9.37. The lowest BCUT2D eigenvalue weighted by molar-refractivity contribution is 0.122. The van der Waals surface area contributed by atoms with Crippen molar-refractivity contribution in [1.29, 1.82) is 5.26 Å². The lowest BCUT2D eigenvalue weighted by atomic mass is 10.2. The summed E-state index contributed by atoms with van der Waals surface area (Å²) in [7, 11) is 0. The van der Waals surface area contributed by atoms with E-state index in [0.29, 0.717) is 17.1 Å². The van der Waals surface area contributed by atoms with Crippen LogP contribution in [0.2, 0.25) is 5.02 Å². The zero-order valence-electron chi connectivity index (χ0n) is 10.9. The number of anilines is 1. The van der Waals surface area contributed by atoms with E-state index in [-0.39, 0.29) is 6.10 Å². The molecule has 0 unspecified atom stereocenters. The fourth-order valence-electron chi connectivity index (χ4n) is 2.24. The molecule has 1 aromatic rings. The molecular formula is C13H17ClN4O. The Kier molecular flexibility index (Phi) is 4.59. The van der Waals surface area contributed by atoms with Crippen LogP contribution in [-0.2, 0) is 0 Å². The number of β-amino-alcohol motifs (C(OH)–C–C–N with tert-alkyl or cyclic N) is 1. The van der Waals surface area contributed by atoms with Gasteiger partial charge >= 0.3 is 0 Å². The molecule has 102 valence electrons.